The van der Waals surface area contributed by atoms with Crippen LogP contribution in [0.25, 0.3) is 11.0 Å². The number of hydrogen-bond acceptors (Lipinski definition) is 8. The van der Waals surface area contributed by atoms with Crippen LogP contribution < -0.4 is 25.2 Å². The number of rotatable bonds is 8. The van der Waals surface area contributed by atoms with E-state index in [9.17, 15) is 4.79 Å². The third kappa shape index (κ3) is 5.55. The number of carbonyl (C=O) groups is 1. The molecule has 1 aliphatic rings. The standard InChI is InChI=1S/C28H32N8O2/c1-5-24(37)30-20-7-6-8-22(17-20)38-27-25-23(34(2)3)18-29-26(25)32-28(33-27)31-19-9-11-21(12-10-19)36-15-13-35(4)14-16-36/h5-12,17-18H,1,13-16H2,2-4H3,(H,30,37)(H2,29,31,32,33). The van der Waals surface area contributed by atoms with Gasteiger partial charge in [-0.3, -0.25) is 4.79 Å². The van der Waals surface area contributed by atoms with Crippen molar-refractivity contribution in [2.24, 2.45) is 0 Å². The lowest BCUT2D eigenvalue weighted by Gasteiger charge is -2.34. The molecule has 196 valence electrons. The Balaban J connectivity index is 1.42. The van der Waals surface area contributed by atoms with Gasteiger partial charge in [-0.2, -0.15) is 9.97 Å². The number of carbonyl (C=O) groups excluding carboxylic acids is 1. The lowest BCUT2D eigenvalue weighted by atomic mass is 10.2. The molecule has 5 rings (SSSR count). The minimum absolute atomic E-state index is 0.294. The molecule has 0 atom stereocenters. The Labute approximate surface area is 221 Å². The zero-order valence-electron chi connectivity index (χ0n) is 21.9. The molecule has 0 aliphatic carbocycles. The van der Waals surface area contributed by atoms with E-state index in [-0.39, 0.29) is 5.91 Å². The fourth-order valence-corrected chi connectivity index (χ4v) is 4.36. The predicted octanol–water partition coefficient (Wildman–Crippen LogP) is 4.44. The number of nitrogens with zero attached hydrogens (tertiary/aromatic N) is 5. The van der Waals surface area contributed by atoms with Crippen LogP contribution in [0.5, 0.6) is 11.6 Å². The van der Waals surface area contributed by atoms with E-state index in [0.29, 0.717) is 28.9 Å². The van der Waals surface area contributed by atoms with Gasteiger partial charge in [0.25, 0.3) is 0 Å². The van der Waals surface area contributed by atoms with Crippen molar-refractivity contribution in [3.05, 3.63) is 67.4 Å². The van der Waals surface area contributed by atoms with E-state index in [1.54, 1.807) is 18.2 Å². The summed E-state index contributed by atoms with van der Waals surface area (Å²) < 4.78 is 6.26. The Morgan fingerprint density at radius 3 is 2.55 bits per heavy atom. The van der Waals surface area contributed by atoms with Gasteiger partial charge in [0.15, 0.2) is 0 Å². The SMILES string of the molecule is C=CC(=O)Nc1cccc(Oc2nc(Nc3ccc(N4CCN(C)CC4)cc3)nc3[nH]cc(N(C)C)c23)c1. The Bertz CT molecular complexity index is 1440. The normalized spacial score (nSPS) is 13.8. The summed E-state index contributed by atoms with van der Waals surface area (Å²) in [6.07, 6.45) is 3.10. The van der Waals surface area contributed by atoms with Crippen molar-refractivity contribution in [1.29, 1.82) is 0 Å². The topological polar surface area (TPSA) is 102 Å². The molecule has 2 aromatic heterocycles. The third-order valence-electron chi connectivity index (χ3n) is 6.45. The largest absolute Gasteiger partial charge is 0.438 e. The van der Waals surface area contributed by atoms with Gasteiger partial charge in [-0.1, -0.05) is 12.6 Å². The van der Waals surface area contributed by atoms with Gasteiger partial charge in [0.2, 0.25) is 17.7 Å². The number of likely N-dealkylation sites (N-methyl/N-ethyl adjacent to an activating group) is 1. The van der Waals surface area contributed by atoms with Crippen LogP contribution >= 0.6 is 0 Å². The van der Waals surface area contributed by atoms with Crippen molar-refractivity contribution < 1.29 is 9.53 Å². The smallest absolute Gasteiger partial charge is 0.247 e. The molecule has 10 heteroatoms. The van der Waals surface area contributed by atoms with Crippen LogP contribution in [-0.2, 0) is 4.79 Å². The van der Waals surface area contributed by atoms with Crippen molar-refractivity contribution in [2.75, 3.05) is 67.8 Å². The number of ether oxygens (including phenoxy) is 1. The van der Waals surface area contributed by atoms with Crippen LogP contribution in [0.3, 0.4) is 0 Å². The minimum atomic E-state index is -0.294. The van der Waals surface area contributed by atoms with Crippen LogP contribution in [0, 0.1) is 0 Å². The summed E-state index contributed by atoms with van der Waals surface area (Å²) >= 11 is 0. The summed E-state index contributed by atoms with van der Waals surface area (Å²) in [7, 11) is 6.06. The maximum absolute atomic E-state index is 11.7. The molecule has 1 aliphatic heterocycles. The monoisotopic (exact) mass is 512 g/mol. The first-order valence-corrected chi connectivity index (χ1v) is 12.5. The quantitative estimate of drug-likeness (QED) is 0.298. The lowest BCUT2D eigenvalue weighted by Crippen LogP contribution is -2.44. The molecular formula is C28H32N8O2. The highest BCUT2D eigenvalue weighted by Gasteiger charge is 2.18. The van der Waals surface area contributed by atoms with E-state index in [1.165, 1.54) is 11.8 Å². The Hall–Kier alpha value is -4.57. The van der Waals surface area contributed by atoms with Crippen LogP contribution in [0.2, 0.25) is 0 Å². The second kappa shape index (κ2) is 10.8. The van der Waals surface area contributed by atoms with E-state index in [2.05, 4.69) is 51.2 Å². The van der Waals surface area contributed by atoms with E-state index in [4.69, 9.17) is 14.7 Å². The summed E-state index contributed by atoms with van der Waals surface area (Å²) in [6, 6.07) is 15.4. The van der Waals surface area contributed by atoms with Gasteiger partial charge in [-0.15, -0.1) is 0 Å². The second-order valence-electron chi connectivity index (χ2n) is 9.43. The van der Waals surface area contributed by atoms with E-state index in [0.717, 1.165) is 42.9 Å². The van der Waals surface area contributed by atoms with Gasteiger partial charge < -0.3 is 35.1 Å². The Morgan fingerprint density at radius 1 is 1.08 bits per heavy atom. The van der Waals surface area contributed by atoms with Crippen molar-refractivity contribution in [3.63, 3.8) is 0 Å². The summed E-state index contributed by atoms with van der Waals surface area (Å²) in [4.78, 5) is 31.1. The number of fused-ring (bicyclic) bond motifs is 1. The number of benzene rings is 2. The minimum Gasteiger partial charge on any atom is -0.438 e. The van der Waals surface area contributed by atoms with Crippen LogP contribution in [-0.4, -0.2) is 73.1 Å². The molecule has 1 amide bonds. The maximum atomic E-state index is 11.7. The van der Waals surface area contributed by atoms with Gasteiger partial charge >= 0.3 is 0 Å². The molecule has 10 nitrogen and oxygen atoms in total. The van der Waals surface area contributed by atoms with Gasteiger partial charge in [-0.25, -0.2) is 0 Å². The van der Waals surface area contributed by atoms with Gasteiger partial charge in [-0.05, 0) is 49.5 Å². The van der Waals surface area contributed by atoms with Crippen molar-refractivity contribution in [3.8, 4) is 11.6 Å². The van der Waals surface area contributed by atoms with Crippen molar-refractivity contribution in [1.82, 2.24) is 19.9 Å². The summed E-state index contributed by atoms with van der Waals surface area (Å²) in [5, 5.41) is 6.82. The molecule has 0 spiro atoms. The molecule has 1 fully saturated rings. The summed E-state index contributed by atoms with van der Waals surface area (Å²) in [5.41, 5.74) is 4.22. The first-order valence-electron chi connectivity index (χ1n) is 12.5. The highest BCUT2D eigenvalue weighted by molar-refractivity contribution is 5.99. The van der Waals surface area contributed by atoms with Crippen LogP contribution in [0.4, 0.5) is 28.7 Å². The van der Waals surface area contributed by atoms with E-state index < -0.39 is 0 Å². The maximum Gasteiger partial charge on any atom is 0.247 e. The molecule has 38 heavy (non-hydrogen) atoms. The lowest BCUT2D eigenvalue weighted by molar-refractivity contribution is -0.111. The van der Waals surface area contributed by atoms with Gasteiger partial charge in [0.1, 0.15) is 16.8 Å². The molecule has 3 heterocycles. The predicted molar refractivity (Wildman–Crippen MR) is 153 cm³/mol. The number of nitrogens with one attached hydrogen (secondary N) is 3. The molecule has 0 bridgehead atoms. The van der Waals surface area contributed by atoms with Crippen LogP contribution in [0.15, 0.2) is 67.4 Å². The third-order valence-corrected chi connectivity index (χ3v) is 6.45. The zero-order chi connectivity index (χ0) is 26.6. The molecule has 0 radical (unpaired) electrons. The fourth-order valence-electron chi connectivity index (χ4n) is 4.36. The second-order valence-corrected chi connectivity index (χ2v) is 9.43. The first-order chi connectivity index (χ1) is 18.4. The Kier molecular flexibility index (Phi) is 7.14. The number of anilines is 5. The highest BCUT2D eigenvalue weighted by Crippen LogP contribution is 2.36. The number of aromatic amines is 1. The summed E-state index contributed by atoms with van der Waals surface area (Å²) in [6.45, 7) is 7.65. The molecule has 0 unspecified atom stereocenters. The number of amides is 1. The van der Waals surface area contributed by atoms with Crippen molar-refractivity contribution in [2.45, 2.75) is 0 Å². The van der Waals surface area contributed by atoms with Crippen molar-refractivity contribution >= 4 is 45.6 Å². The number of H-pyrrole nitrogens is 1. The van der Waals surface area contributed by atoms with E-state index >= 15 is 0 Å². The number of aromatic nitrogens is 3. The summed E-state index contributed by atoms with van der Waals surface area (Å²) in [5.74, 6) is 1.03. The van der Waals surface area contributed by atoms with E-state index in [1.807, 2.05) is 43.4 Å². The Morgan fingerprint density at radius 2 is 1.84 bits per heavy atom. The highest BCUT2D eigenvalue weighted by atomic mass is 16.5. The molecule has 4 aromatic rings. The number of hydrogen-bond donors (Lipinski definition) is 3. The van der Waals surface area contributed by atoms with Crippen LogP contribution in [0.1, 0.15) is 0 Å². The fraction of sp³-hybridized carbons (Fsp3) is 0.250. The van der Waals surface area contributed by atoms with Gasteiger partial charge in [0, 0.05) is 69.6 Å². The molecule has 2 aromatic carbocycles. The average Bonchev–Trinajstić information content (AvgIpc) is 3.35. The first kappa shape index (κ1) is 25.1. The molecule has 1 saturated heterocycles. The van der Waals surface area contributed by atoms with Gasteiger partial charge in [0.05, 0.1) is 5.69 Å². The number of piperazine rings is 1. The molecule has 3 N–H and O–H groups in total. The average molecular weight is 513 g/mol. The molecular weight excluding hydrogens is 480 g/mol. The zero-order valence-corrected chi connectivity index (χ0v) is 21.9. The molecule has 0 saturated carbocycles.